The number of amides is 1. The zero-order chi connectivity index (χ0) is 21.5. The van der Waals surface area contributed by atoms with Crippen molar-refractivity contribution in [1.29, 1.82) is 0 Å². The van der Waals surface area contributed by atoms with Gasteiger partial charge in [0, 0.05) is 50.9 Å². The highest BCUT2D eigenvalue weighted by atomic mass is 127. The van der Waals surface area contributed by atoms with Gasteiger partial charge >= 0.3 is 0 Å². The molecule has 0 aromatic heterocycles. The highest BCUT2D eigenvalue weighted by Gasteiger charge is 2.21. The fourth-order valence-corrected chi connectivity index (χ4v) is 3.51. The Labute approximate surface area is 200 Å². The van der Waals surface area contributed by atoms with E-state index in [1.807, 2.05) is 54.2 Å². The van der Waals surface area contributed by atoms with Gasteiger partial charge in [-0.15, -0.1) is 24.0 Å². The molecule has 2 aromatic rings. The second-order valence-electron chi connectivity index (χ2n) is 7.76. The lowest BCUT2D eigenvalue weighted by Gasteiger charge is -2.17. The van der Waals surface area contributed by atoms with Gasteiger partial charge in [0.1, 0.15) is 5.82 Å². The lowest BCUT2D eigenvalue weighted by Crippen LogP contribution is -2.36. The fraction of sp³-hybridized carbons (Fsp3) is 0.391. The topological polar surface area (TPSA) is 60.0 Å². The van der Waals surface area contributed by atoms with E-state index in [1.165, 1.54) is 6.07 Å². The number of carbonyl (C=O) groups excluding carboxylic acids is 1. The molecule has 0 saturated carbocycles. The molecular formula is C23H31FIN5O. The average molecular weight is 539 g/mol. The Hall–Kier alpha value is -2.20. The number of nitrogens with zero attached hydrogens (tertiary/aromatic N) is 3. The Bertz CT molecular complexity index is 901. The summed E-state index contributed by atoms with van der Waals surface area (Å²) in [7, 11) is 5.57. The SMILES string of the molecule is CN=C(NCc1ccc(N2CCCC2=O)cc1)NCc1ccc(F)c(CN(C)C)c1.I. The van der Waals surface area contributed by atoms with Crippen molar-refractivity contribution in [3.05, 3.63) is 65.0 Å². The number of aliphatic imine (C=N–C) groups is 1. The van der Waals surface area contributed by atoms with Crippen molar-refractivity contribution in [2.45, 2.75) is 32.5 Å². The van der Waals surface area contributed by atoms with Gasteiger partial charge in [-0.2, -0.15) is 0 Å². The first-order valence-corrected chi connectivity index (χ1v) is 10.2. The zero-order valence-electron chi connectivity index (χ0n) is 18.3. The summed E-state index contributed by atoms with van der Waals surface area (Å²) in [4.78, 5) is 19.9. The molecule has 1 aliphatic rings. The lowest BCUT2D eigenvalue weighted by molar-refractivity contribution is -0.117. The number of anilines is 1. The van der Waals surface area contributed by atoms with Gasteiger partial charge in [-0.05, 0) is 55.9 Å². The normalized spacial score (nSPS) is 14.0. The molecule has 1 amide bonds. The number of hydrogen-bond donors (Lipinski definition) is 2. The van der Waals surface area contributed by atoms with Crippen LogP contribution in [0.2, 0.25) is 0 Å². The molecule has 31 heavy (non-hydrogen) atoms. The Morgan fingerprint density at radius 1 is 1.10 bits per heavy atom. The summed E-state index contributed by atoms with van der Waals surface area (Å²) >= 11 is 0. The van der Waals surface area contributed by atoms with Crippen molar-refractivity contribution in [3.63, 3.8) is 0 Å². The number of hydrogen-bond acceptors (Lipinski definition) is 3. The van der Waals surface area contributed by atoms with E-state index in [0.29, 0.717) is 37.6 Å². The molecule has 3 rings (SSSR count). The molecule has 0 bridgehead atoms. The van der Waals surface area contributed by atoms with Crippen LogP contribution in [0.1, 0.15) is 29.5 Å². The van der Waals surface area contributed by atoms with E-state index >= 15 is 0 Å². The minimum absolute atomic E-state index is 0. The van der Waals surface area contributed by atoms with E-state index in [4.69, 9.17) is 0 Å². The fourth-order valence-electron chi connectivity index (χ4n) is 3.51. The smallest absolute Gasteiger partial charge is 0.227 e. The molecule has 0 aliphatic carbocycles. The predicted molar refractivity (Wildman–Crippen MR) is 134 cm³/mol. The summed E-state index contributed by atoms with van der Waals surface area (Å²) < 4.78 is 13.9. The molecule has 0 unspecified atom stereocenters. The van der Waals surface area contributed by atoms with E-state index in [-0.39, 0.29) is 35.7 Å². The van der Waals surface area contributed by atoms with Crippen LogP contribution in [0.15, 0.2) is 47.5 Å². The van der Waals surface area contributed by atoms with Gasteiger partial charge in [0.25, 0.3) is 0 Å². The number of benzene rings is 2. The molecule has 1 heterocycles. The highest BCUT2D eigenvalue weighted by molar-refractivity contribution is 14.0. The van der Waals surface area contributed by atoms with Gasteiger partial charge < -0.3 is 20.4 Å². The third-order valence-corrected chi connectivity index (χ3v) is 5.06. The second kappa shape index (κ2) is 12.0. The molecule has 2 aromatic carbocycles. The second-order valence-corrected chi connectivity index (χ2v) is 7.76. The third kappa shape index (κ3) is 7.17. The summed E-state index contributed by atoms with van der Waals surface area (Å²) in [6.45, 7) is 2.53. The van der Waals surface area contributed by atoms with Crippen molar-refractivity contribution >= 4 is 41.5 Å². The quantitative estimate of drug-likeness (QED) is 0.322. The van der Waals surface area contributed by atoms with Gasteiger partial charge in [-0.3, -0.25) is 9.79 Å². The predicted octanol–water partition coefficient (Wildman–Crippen LogP) is 3.50. The Kier molecular flexibility index (Phi) is 9.70. The van der Waals surface area contributed by atoms with Gasteiger partial charge in [-0.1, -0.05) is 18.2 Å². The van der Waals surface area contributed by atoms with E-state index in [9.17, 15) is 9.18 Å². The van der Waals surface area contributed by atoms with Crippen LogP contribution < -0.4 is 15.5 Å². The maximum absolute atomic E-state index is 13.9. The van der Waals surface area contributed by atoms with Crippen molar-refractivity contribution in [2.75, 3.05) is 32.6 Å². The highest BCUT2D eigenvalue weighted by Crippen LogP contribution is 2.21. The zero-order valence-corrected chi connectivity index (χ0v) is 20.7. The van der Waals surface area contributed by atoms with E-state index in [0.717, 1.165) is 29.8 Å². The first kappa shape index (κ1) is 25.1. The van der Waals surface area contributed by atoms with Crippen LogP contribution >= 0.6 is 24.0 Å². The number of nitrogens with one attached hydrogen (secondary N) is 2. The maximum atomic E-state index is 13.9. The minimum Gasteiger partial charge on any atom is -0.352 e. The molecule has 1 aliphatic heterocycles. The van der Waals surface area contributed by atoms with Crippen LogP contribution in [0.25, 0.3) is 0 Å². The summed E-state index contributed by atoms with van der Waals surface area (Å²) in [5.74, 6) is 0.682. The summed E-state index contributed by atoms with van der Waals surface area (Å²) in [5, 5.41) is 6.56. The van der Waals surface area contributed by atoms with Crippen LogP contribution in [0.4, 0.5) is 10.1 Å². The largest absolute Gasteiger partial charge is 0.352 e. The van der Waals surface area contributed by atoms with Crippen molar-refractivity contribution in [1.82, 2.24) is 15.5 Å². The molecule has 0 atom stereocenters. The van der Waals surface area contributed by atoms with Crippen LogP contribution in [-0.4, -0.2) is 44.5 Å². The Balaban J connectivity index is 0.00000341. The molecule has 6 nitrogen and oxygen atoms in total. The standard InChI is InChI=1S/C23H30FN5O.HI/c1-25-23(27-15-18-8-11-21(24)19(13-18)16-28(2)3)26-14-17-6-9-20(10-7-17)29-12-4-5-22(29)30;/h6-11,13H,4-5,12,14-16H2,1-3H3,(H2,25,26,27);1H. The lowest BCUT2D eigenvalue weighted by atomic mass is 10.1. The van der Waals surface area contributed by atoms with Gasteiger partial charge in [0.2, 0.25) is 5.91 Å². The number of rotatable bonds is 7. The Morgan fingerprint density at radius 3 is 2.32 bits per heavy atom. The van der Waals surface area contributed by atoms with E-state index < -0.39 is 0 Å². The molecule has 2 N–H and O–H groups in total. The summed E-state index contributed by atoms with van der Waals surface area (Å²) in [6.07, 6.45) is 1.56. The first-order chi connectivity index (χ1) is 14.5. The van der Waals surface area contributed by atoms with E-state index in [2.05, 4.69) is 15.6 Å². The molecular weight excluding hydrogens is 508 g/mol. The molecule has 168 valence electrons. The van der Waals surface area contributed by atoms with Crippen LogP contribution in [-0.2, 0) is 24.4 Å². The monoisotopic (exact) mass is 539 g/mol. The minimum atomic E-state index is -0.186. The van der Waals surface area contributed by atoms with E-state index in [1.54, 1.807) is 13.1 Å². The van der Waals surface area contributed by atoms with Crippen LogP contribution in [0.3, 0.4) is 0 Å². The number of carbonyl (C=O) groups is 1. The van der Waals surface area contributed by atoms with Gasteiger partial charge in [-0.25, -0.2) is 4.39 Å². The number of guanidine groups is 1. The molecule has 0 spiro atoms. The van der Waals surface area contributed by atoms with Crippen LogP contribution in [0, 0.1) is 5.82 Å². The average Bonchev–Trinajstić information content (AvgIpc) is 3.16. The van der Waals surface area contributed by atoms with Gasteiger partial charge in [0.15, 0.2) is 5.96 Å². The number of halogens is 2. The molecule has 8 heteroatoms. The van der Waals surface area contributed by atoms with Gasteiger partial charge in [0.05, 0.1) is 0 Å². The molecule has 1 fully saturated rings. The Morgan fingerprint density at radius 2 is 1.74 bits per heavy atom. The summed E-state index contributed by atoms with van der Waals surface area (Å²) in [6, 6.07) is 13.2. The maximum Gasteiger partial charge on any atom is 0.227 e. The third-order valence-electron chi connectivity index (χ3n) is 5.06. The molecule has 1 saturated heterocycles. The summed E-state index contributed by atoms with van der Waals surface area (Å²) in [5.41, 5.74) is 3.73. The van der Waals surface area contributed by atoms with Crippen molar-refractivity contribution in [2.24, 2.45) is 4.99 Å². The van der Waals surface area contributed by atoms with Crippen molar-refractivity contribution in [3.8, 4) is 0 Å². The van der Waals surface area contributed by atoms with Crippen molar-refractivity contribution < 1.29 is 9.18 Å². The first-order valence-electron chi connectivity index (χ1n) is 10.2. The van der Waals surface area contributed by atoms with Crippen LogP contribution in [0.5, 0.6) is 0 Å². The molecule has 0 radical (unpaired) electrons.